The molecule has 1 saturated heterocycles. The fourth-order valence-electron chi connectivity index (χ4n) is 5.65. The lowest BCUT2D eigenvalue weighted by Crippen LogP contribution is -2.39. The van der Waals surface area contributed by atoms with E-state index >= 15 is 0 Å². The summed E-state index contributed by atoms with van der Waals surface area (Å²) >= 11 is 7.09. The number of nitrogens with zero attached hydrogens (tertiary/aromatic N) is 1. The van der Waals surface area contributed by atoms with Gasteiger partial charge in [-0.15, -0.1) is 11.3 Å². The molecule has 1 aromatic heterocycles. The van der Waals surface area contributed by atoms with Crippen LogP contribution < -0.4 is 15.2 Å². The second-order valence-electron chi connectivity index (χ2n) is 9.46. The lowest BCUT2D eigenvalue weighted by Gasteiger charge is -2.37. The first-order valence-electron chi connectivity index (χ1n) is 12.0. The Balaban J connectivity index is 1.39. The van der Waals surface area contributed by atoms with Crippen LogP contribution in [0.15, 0.2) is 28.5 Å². The van der Waals surface area contributed by atoms with Crippen molar-refractivity contribution in [3.05, 3.63) is 39.7 Å². The summed E-state index contributed by atoms with van der Waals surface area (Å²) in [5.74, 6) is 3.25. The van der Waals surface area contributed by atoms with E-state index in [1.807, 2.05) is 0 Å². The Hall–Kier alpha value is -1.32. The first kappa shape index (κ1) is 25.8. The maximum Gasteiger partial charge on any atom is 0.252 e. The third kappa shape index (κ3) is 5.57. The molecule has 34 heavy (non-hydrogen) atoms. The lowest BCUT2D eigenvalue weighted by molar-refractivity contribution is 0.187. The third-order valence-electron chi connectivity index (χ3n) is 7.53. The number of rotatable bonds is 9. The zero-order valence-corrected chi connectivity index (χ0v) is 22.4. The quantitative estimate of drug-likeness (QED) is 0.498. The van der Waals surface area contributed by atoms with Crippen molar-refractivity contribution in [3.63, 3.8) is 0 Å². The Morgan fingerprint density at radius 3 is 2.38 bits per heavy atom. The minimum absolute atomic E-state index is 0.338. The first-order valence-corrected chi connectivity index (χ1v) is 14.7. The van der Waals surface area contributed by atoms with Crippen molar-refractivity contribution in [1.29, 1.82) is 0 Å². The molecule has 2 aromatic rings. The standard InChI is InChI=1S/C25H35ClN2O4S2/c1-31-22-15-19-4-3-18(14-21(19)16-23(22)32-2)20(7-10-27)13-17-8-11-28(12-9-17)34(29,30)25-6-5-24(26)33-25/h5-6,15-18,20H,3-4,7-14,27H2,1-2H3. The highest BCUT2D eigenvalue weighted by Gasteiger charge is 2.33. The van der Waals surface area contributed by atoms with Gasteiger partial charge in [-0.2, -0.15) is 4.31 Å². The Morgan fingerprint density at radius 1 is 1.12 bits per heavy atom. The third-order valence-corrected chi connectivity index (χ3v) is 11.1. The number of thiophene rings is 1. The van der Waals surface area contributed by atoms with Crippen LogP contribution in [-0.2, 0) is 22.9 Å². The Bertz CT molecular complexity index is 1080. The number of nitrogens with two attached hydrogens (primary N) is 1. The van der Waals surface area contributed by atoms with Crippen LogP contribution in [0.25, 0.3) is 0 Å². The predicted molar refractivity (Wildman–Crippen MR) is 138 cm³/mol. The van der Waals surface area contributed by atoms with Gasteiger partial charge in [-0.25, -0.2) is 8.42 Å². The maximum absolute atomic E-state index is 12.9. The summed E-state index contributed by atoms with van der Waals surface area (Å²) in [5, 5.41) is 0. The number of hydrogen-bond acceptors (Lipinski definition) is 6. The average Bonchev–Trinajstić information content (AvgIpc) is 3.30. The Kier molecular flexibility index (Phi) is 8.46. The van der Waals surface area contributed by atoms with E-state index < -0.39 is 10.0 Å². The second kappa shape index (κ2) is 11.2. The van der Waals surface area contributed by atoms with Crippen LogP contribution in [0, 0.1) is 17.8 Å². The van der Waals surface area contributed by atoms with E-state index in [0.717, 1.165) is 67.8 Å². The summed E-state index contributed by atoms with van der Waals surface area (Å²) in [5.41, 5.74) is 8.74. The number of sulfonamides is 1. The smallest absolute Gasteiger partial charge is 0.252 e. The molecule has 2 aliphatic rings. The van der Waals surface area contributed by atoms with Gasteiger partial charge in [-0.05, 0) is 105 Å². The number of halogens is 1. The minimum atomic E-state index is -3.44. The van der Waals surface area contributed by atoms with Crippen molar-refractivity contribution in [1.82, 2.24) is 4.31 Å². The van der Waals surface area contributed by atoms with Gasteiger partial charge >= 0.3 is 0 Å². The summed E-state index contributed by atoms with van der Waals surface area (Å²) in [6, 6.07) is 7.52. The predicted octanol–water partition coefficient (Wildman–Crippen LogP) is 4.98. The van der Waals surface area contributed by atoms with E-state index in [9.17, 15) is 8.42 Å². The van der Waals surface area contributed by atoms with Crippen molar-refractivity contribution in [2.75, 3.05) is 33.9 Å². The zero-order chi connectivity index (χ0) is 24.3. The molecule has 0 saturated carbocycles. The summed E-state index contributed by atoms with van der Waals surface area (Å²) in [4.78, 5) is 0. The molecule has 1 aliphatic carbocycles. The molecular weight excluding hydrogens is 492 g/mol. The summed E-state index contributed by atoms with van der Waals surface area (Å²) in [7, 11) is -0.0826. The fraction of sp³-hybridized carbons (Fsp3) is 0.600. The number of methoxy groups -OCH3 is 2. The Morgan fingerprint density at radius 2 is 1.79 bits per heavy atom. The Labute approximate surface area is 212 Å². The van der Waals surface area contributed by atoms with Gasteiger partial charge in [-0.3, -0.25) is 0 Å². The van der Waals surface area contributed by atoms with Crippen LogP contribution in [0.2, 0.25) is 4.34 Å². The molecular formula is C25H35ClN2O4S2. The van der Waals surface area contributed by atoms with Gasteiger partial charge in [0, 0.05) is 13.1 Å². The largest absolute Gasteiger partial charge is 0.493 e. The van der Waals surface area contributed by atoms with E-state index in [0.29, 0.717) is 45.9 Å². The van der Waals surface area contributed by atoms with Crippen LogP contribution in [-0.4, -0.2) is 46.6 Å². The van der Waals surface area contributed by atoms with E-state index in [-0.39, 0.29) is 0 Å². The van der Waals surface area contributed by atoms with Crippen molar-refractivity contribution in [2.24, 2.45) is 23.5 Å². The summed E-state index contributed by atoms with van der Waals surface area (Å²) < 4.78 is 39.4. The average molecular weight is 527 g/mol. The lowest BCUT2D eigenvalue weighted by atomic mass is 9.72. The molecule has 0 spiro atoms. The van der Waals surface area contributed by atoms with Gasteiger partial charge in [0.05, 0.1) is 18.6 Å². The van der Waals surface area contributed by atoms with E-state index in [1.165, 1.54) is 11.1 Å². The second-order valence-corrected chi connectivity index (χ2v) is 13.3. The number of hydrogen-bond donors (Lipinski definition) is 1. The fourth-order valence-corrected chi connectivity index (χ4v) is 8.76. The molecule has 0 radical (unpaired) electrons. The van der Waals surface area contributed by atoms with Crippen molar-refractivity contribution in [2.45, 2.75) is 49.2 Å². The monoisotopic (exact) mass is 526 g/mol. The molecule has 1 fully saturated rings. The number of ether oxygens (including phenoxy) is 2. The highest BCUT2D eigenvalue weighted by molar-refractivity contribution is 7.91. The topological polar surface area (TPSA) is 81.9 Å². The number of piperidine rings is 1. The van der Waals surface area contributed by atoms with Crippen molar-refractivity contribution >= 4 is 33.0 Å². The van der Waals surface area contributed by atoms with Crippen LogP contribution in [0.3, 0.4) is 0 Å². The van der Waals surface area contributed by atoms with Crippen molar-refractivity contribution in [3.8, 4) is 11.5 Å². The SMILES string of the molecule is COc1cc2c(cc1OC)CC(C(CCN)CC1CCN(S(=O)(=O)c3ccc(Cl)s3)CC1)CC2. The molecule has 1 aliphatic heterocycles. The molecule has 0 bridgehead atoms. The molecule has 188 valence electrons. The highest BCUT2D eigenvalue weighted by atomic mass is 35.5. The minimum Gasteiger partial charge on any atom is -0.493 e. The van der Waals surface area contributed by atoms with Gasteiger partial charge < -0.3 is 15.2 Å². The molecule has 2 atom stereocenters. The number of benzene rings is 1. The van der Waals surface area contributed by atoms with Crippen LogP contribution in [0.5, 0.6) is 11.5 Å². The number of aryl methyl sites for hydroxylation is 1. The van der Waals surface area contributed by atoms with Crippen molar-refractivity contribution < 1.29 is 17.9 Å². The van der Waals surface area contributed by atoms with Gasteiger partial charge in [-0.1, -0.05) is 11.6 Å². The molecule has 6 nitrogen and oxygen atoms in total. The molecule has 2 N–H and O–H groups in total. The molecule has 1 aromatic carbocycles. The van der Waals surface area contributed by atoms with Gasteiger partial charge in [0.2, 0.25) is 0 Å². The zero-order valence-electron chi connectivity index (χ0n) is 20.0. The number of fused-ring (bicyclic) bond motifs is 1. The molecule has 2 heterocycles. The molecule has 0 amide bonds. The summed E-state index contributed by atoms with van der Waals surface area (Å²) in [6.07, 6.45) is 7.15. The van der Waals surface area contributed by atoms with E-state index in [1.54, 1.807) is 30.7 Å². The van der Waals surface area contributed by atoms with E-state index in [2.05, 4.69) is 12.1 Å². The normalized spacial score (nSPS) is 20.6. The molecule has 9 heteroatoms. The molecule has 2 unspecified atom stereocenters. The first-order chi connectivity index (χ1) is 16.3. The molecule has 4 rings (SSSR count). The van der Waals surface area contributed by atoms with Crippen LogP contribution in [0.4, 0.5) is 0 Å². The van der Waals surface area contributed by atoms with Gasteiger partial charge in [0.15, 0.2) is 11.5 Å². The summed E-state index contributed by atoms with van der Waals surface area (Å²) in [6.45, 7) is 1.83. The van der Waals surface area contributed by atoms with E-state index in [4.69, 9.17) is 26.8 Å². The van der Waals surface area contributed by atoms with Gasteiger partial charge in [0.1, 0.15) is 4.21 Å². The van der Waals surface area contributed by atoms with Crippen LogP contribution in [0.1, 0.15) is 43.2 Å². The highest BCUT2D eigenvalue weighted by Crippen LogP contribution is 2.41. The van der Waals surface area contributed by atoms with Gasteiger partial charge in [0.25, 0.3) is 10.0 Å². The maximum atomic E-state index is 12.9. The van der Waals surface area contributed by atoms with Crippen LogP contribution >= 0.6 is 22.9 Å².